The van der Waals surface area contributed by atoms with Crippen LogP contribution in [-0.4, -0.2) is 4.98 Å². The van der Waals surface area contributed by atoms with Gasteiger partial charge in [0.2, 0.25) is 0 Å². The minimum absolute atomic E-state index is 0.129. The number of fused-ring (bicyclic) bond motifs is 2. The molecule has 0 fully saturated rings. The second kappa shape index (κ2) is 6.23. The van der Waals surface area contributed by atoms with Crippen LogP contribution in [0.5, 0.6) is 0 Å². The molecule has 0 aliphatic carbocycles. The standard InChI is InChI=1S/C21H13F3IN/c1-12-9-10-17-16(11-12)18(19(25)20(26-17)21(22,23)24)15-8-4-6-13-5-2-3-7-14(13)15/h2-11H,1H3. The summed E-state index contributed by atoms with van der Waals surface area (Å²) in [5.74, 6) is 0. The first kappa shape index (κ1) is 17.3. The second-order valence-electron chi connectivity index (χ2n) is 6.19. The molecule has 0 spiro atoms. The highest BCUT2D eigenvalue weighted by Crippen LogP contribution is 2.42. The normalized spacial score (nSPS) is 12.0. The maximum absolute atomic E-state index is 13.6. The molecule has 0 N–H and O–H groups in total. The van der Waals surface area contributed by atoms with Gasteiger partial charge in [-0.05, 0) is 58.0 Å². The Morgan fingerprint density at radius 1 is 0.885 bits per heavy atom. The zero-order valence-corrected chi connectivity index (χ0v) is 15.9. The molecule has 0 unspecified atom stereocenters. The third kappa shape index (κ3) is 2.84. The van der Waals surface area contributed by atoms with Gasteiger partial charge in [0.15, 0.2) is 5.69 Å². The quantitative estimate of drug-likeness (QED) is 0.278. The second-order valence-corrected chi connectivity index (χ2v) is 7.27. The lowest BCUT2D eigenvalue weighted by molar-refractivity contribution is -0.141. The van der Waals surface area contributed by atoms with Crippen LogP contribution in [0.15, 0.2) is 60.7 Å². The number of rotatable bonds is 1. The van der Waals surface area contributed by atoms with Crippen molar-refractivity contribution in [2.24, 2.45) is 0 Å². The Morgan fingerprint density at radius 3 is 2.38 bits per heavy atom. The first-order valence-electron chi connectivity index (χ1n) is 8.01. The van der Waals surface area contributed by atoms with Crippen LogP contribution in [0, 0.1) is 10.5 Å². The Labute approximate surface area is 162 Å². The van der Waals surface area contributed by atoms with Crippen molar-refractivity contribution in [3.63, 3.8) is 0 Å². The van der Waals surface area contributed by atoms with Crippen molar-refractivity contribution in [2.45, 2.75) is 13.1 Å². The maximum Gasteiger partial charge on any atom is 0.434 e. The lowest BCUT2D eigenvalue weighted by atomic mass is 9.94. The third-order valence-corrected chi connectivity index (χ3v) is 5.46. The molecule has 0 atom stereocenters. The van der Waals surface area contributed by atoms with E-state index < -0.39 is 11.9 Å². The summed E-state index contributed by atoms with van der Waals surface area (Å²) in [7, 11) is 0. The van der Waals surface area contributed by atoms with Crippen molar-refractivity contribution in [1.29, 1.82) is 0 Å². The van der Waals surface area contributed by atoms with Crippen LogP contribution >= 0.6 is 22.6 Å². The van der Waals surface area contributed by atoms with Crippen LogP contribution in [0.25, 0.3) is 32.8 Å². The number of pyridine rings is 1. The summed E-state index contributed by atoms with van der Waals surface area (Å²) in [5, 5.41) is 2.65. The van der Waals surface area contributed by atoms with Crippen molar-refractivity contribution in [2.75, 3.05) is 0 Å². The molecule has 0 bridgehead atoms. The number of aromatic nitrogens is 1. The number of alkyl halides is 3. The summed E-state index contributed by atoms with van der Waals surface area (Å²) in [4.78, 5) is 3.92. The highest BCUT2D eigenvalue weighted by molar-refractivity contribution is 14.1. The van der Waals surface area contributed by atoms with Crippen LogP contribution in [0.4, 0.5) is 13.2 Å². The Kier molecular flexibility index (Phi) is 4.14. The van der Waals surface area contributed by atoms with E-state index in [-0.39, 0.29) is 3.57 Å². The van der Waals surface area contributed by atoms with E-state index in [0.29, 0.717) is 11.1 Å². The van der Waals surface area contributed by atoms with Gasteiger partial charge in [0.1, 0.15) is 0 Å². The van der Waals surface area contributed by atoms with Gasteiger partial charge < -0.3 is 0 Å². The van der Waals surface area contributed by atoms with E-state index in [1.807, 2.05) is 55.5 Å². The van der Waals surface area contributed by atoms with Gasteiger partial charge in [-0.3, -0.25) is 0 Å². The molecule has 130 valence electrons. The predicted octanol–water partition coefficient (Wildman–Crippen LogP) is 6.99. The van der Waals surface area contributed by atoms with E-state index in [4.69, 9.17) is 0 Å². The molecule has 3 aromatic carbocycles. The van der Waals surface area contributed by atoms with Crippen molar-refractivity contribution < 1.29 is 13.2 Å². The highest BCUT2D eigenvalue weighted by Gasteiger charge is 2.37. The van der Waals surface area contributed by atoms with Crippen molar-refractivity contribution in [3.8, 4) is 11.1 Å². The largest absolute Gasteiger partial charge is 0.434 e. The Morgan fingerprint density at radius 2 is 1.62 bits per heavy atom. The number of hydrogen-bond donors (Lipinski definition) is 0. The average Bonchev–Trinajstić information content (AvgIpc) is 2.60. The number of benzene rings is 3. The van der Waals surface area contributed by atoms with E-state index in [2.05, 4.69) is 4.98 Å². The Balaban J connectivity index is 2.20. The number of hydrogen-bond acceptors (Lipinski definition) is 1. The molecule has 0 aliphatic heterocycles. The van der Waals surface area contributed by atoms with Crippen LogP contribution in [0.3, 0.4) is 0 Å². The van der Waals surface area contributed by atoms with Gasteiger partial charge in [-0.15, -0.1) is 0 Å². The van der Waals surface area contributed by atoms with E-state index in [1.54, 1.807) is 34.7 Å². The summed E-state index contributed by atoms with van der Waals surface area (Å²) >= 11 is 1.78. The molecule has 1 nitrogen and oxygen atoms in total. The SMILES string of the molecule is Cc1ccc2nc(C(F)(F)F)c(I)c(-c3cccc4ccccc34)c2c1. The molecule has 4 rings (SSSR count). The maximum atomic E-state index is 13.6. The first-order chi connectivity index (χ1) is 12.4. The molecule has 0 aliphatic rings. The summed E-state index contributed by atoms with van der Waals surface area (Å²) in [6, 6.07) is 18.8. The lowest BCUT2D eigenvalue weighted by Gasteiger charge is -2.17. The van der Waals surface area contributed by atoms with E-state index >= 15 is 0 Å². The van der Waals surface area contributed by atoms with Crippen molar-refractivity contribution in [3.05, 3.63) is 75.5 Å². The summed E-state index contributed by atoms with van der Waals surface area (Å²) in [6.45, 7) is 1.93. The van der Waals surface area contributed by atoms with Crippen molar-refractivity contribution >= 4 is 44.3 Å². The molecule has 0 saturated carbocycles. The summed E-state index contributed by atoms with van der Waals surface area (Å²) < 4.78 is 40.9. The van der Waals surface area contributed by atoms with E-state index in [1.165, 1.54) is 0 Å². The topological polar surface area (TPSA) is 12.9 Å². The zero-order chi connectivity index (χ0) is 18.5. The molecular formula is C21H13F3IN. The number of halogens is 4. The minimum Gasteiger partial charge on any atom is -0.242 e. The average molecular weight is 463 g/mol. The van der Waals surface area contributed by atoms with Crippen molar-refractivity contribution in [1.82, 2.24) is 4.98 Å². The molecule has 5 heteroatoms. The van der Waals surface area contributed by atoms with Crippen LogP contribution in [0.1, 0.15) is 11.3 Å². The molecule has 1 heterocycles. The summed E-state index contributed by atoms with van der Waals surface area (Å²) in [5.41, 5.74) is 1.87. The van der Waals surface area contributed by atoms with Gasteiger partial charge in [0.05, 0.1) is 9.09 Å². The fraction of sp³-hybridized carbons (Fsp3) is 0.0952. The van der Waals surface area contributed by atoms with Gasteiger partial charge in [-0.2, -0.15) is 13.2 Å². The Bertz CT molecular complexity index is 1140. The van der Waals surface area contributed by atoms with Gasteiger partial charge >= 0.3 is 6.18 Å². The molecular weight excluding hydrogens is 450 g/mol. The fourth-order valence-electron chi connectivity index (χ4n) is 3.25. The smallest absolute Gasteiger partial charge is 0.242 e. The van der Waals surface area contributed by atoms with E-state index in [0.717, 1.165) is 27.3 Å². The molecule has 0 saturated heterocycles. The first-order valence-corrected chi connectivity index (χ1v) is 9.09. The molecule has 4 aromatic rings. The van der Waals surface area contributed by atoms with Gasteiger partial charge in [0, 0.05) is 10.9 Å². The van der Waals surface area contributed by atoms with Crippen LogP contribution in [0.2, 0.25) is 0 Å². The molecule has 0 amide bonds. The third-order valence-electron chi connectivity index (χ3n) is 4.41. The van der Waals surface area contributed by atoms with Gasteiger partial charge in [-0.1, -0.05) is 54.1 Å². The zero-order valence-electron chi connectivity index (χ0n) is 13.7. The van der Waals surface area contributed by atoms with Crippen LogP contribution < -0.4 is 0 Å². The minimum atomic E-state index is -4.51. The van der Waals surface area contributed by atoms with Gasteiger partial charge in [0.25, 0.3) is 0 Å². The monoisotopic (exact) mass is 463 g/mol. The predicted molar refractivity (Wildman–Crippen MR) is 107 cm³/mol. The molecule has 1 aromatic heterocycles. The Hall–Kier alpha value is -2.15. The van der Waals surface area contributed by atoms with Gasteiger partial charge in [-0.25, -0.2) is 4.98 Å². The van der Waals surface area contributed by atoms with E-state index in [9.17, 15) is 13.2 Å². The highest BCUT2D eigenvalue weighted by atomic mass is 127. The number of nitrogens with zero attached hydrogens (tertiary/aromatic N) is 1. The molecule has 0 radical (unpaired) electrons. The molecule has 26 heavy (non-hydrogen) atoms. The number of aryl methyl sites for hydroxylation is 1. The summed E-state index contributed by atoms with van der Waals surface area (Å²) in [6.07, 6.45) is -4.51. The lowest BCUT2D eigenvalue weighted by Crippen LogP contribution is -2.12. The fourth-order valence-corrected chi connectivity index (χ4v) is 4.26. The van der Waals surface area contributed by atoms with Crippen LogP contribution in [-0.2, 0) is 6.18 Å².